The van der Waals surface area contributed by atoms with Gasteiger partial charge < -0.3 is 20.5 Å². The van der Waals surface area contributed by atoms with Gasteiger partial charge in [0.05, 0.1) is 6.54 Å². The minimum Gasteiger partial charge on any atom is -0.480 e. The van der Waals surface area contributed by atoms with Crippen LogP contribution in [0.2, 0.25) is 0 Å². The number of carbonyl (C=O) groups excluding carboxylic acids is 2. The molecule has 1 aliphatic rings. The van der Waals surface area contributed by atoms with Crippen LogP contribution in [0, 0.1) is 5.92 Å². The second kappa shape index (κ2) is 7.40. The van der Waals surface area contributed by atoms with Crippen molar-refractivity contribution < 1.29 is 24.2 Å². The van der Waals surface area contributed by atoms with Crippen molar-refractivity contribution in [2.24, 2.45) is 5.92 Å². The van der Waals surface area contributed by atoms with Gasteiger partial charge in [-0.25, -0.2) is 4.79 Å². The molecule has 1 fully saturated rings. The first-order valence-corrected chi connectivity index (χ1v) is 7.16. The first-order chi connectivity index (χ1) is 9.80. The molecular formula is C14H24N2O5. The highest BCUT2D eigenvalue weighted by atomic mass is 16.5. The molecule has 2 amide bonds. The zero-order valence-corrected chi connectivity index (χ0v) is 12.8. The standard InChI is InChI=1S/C14H24N2O5/c1-9(2)7-10(12(18)19)16-11(17)8-15-13(20)14(21-3)5-4-6-14/h9-10H,4-8H2,1-3H3,(H,15,20)(H,16,17)(H,18,19)/t10-/m0/s1. The summed E-state index contributed by atoms with van der Waals surface area (Å²) in [6.07, 6.45) is 2.55. The summed E-state index contributed by atoms with van der Waals surface area (Å²) >= 11 is 0. The van der Waals surface area contributed by atoms with Gasteiger partial charge in [-0.3, -0.25) is 9.59 Å². The SMILES string of the molecule is COC1(C(=O)NCC(=O)N[C@@H](CC(C)C)C(=O)O)CCC1. The third-order valence-electron chi connectivity index (χ3n) is 3.72. The Morgan fingerprint density at radius 1 is 1.29 bits per heavy atom. The normalized spacial score (nSPS) is 17.7. The zero-order valence-electron chi connectivity index (χ0n) is 12.8. The fourth-order valence-corrected chi connectivity index (χ4v) is 2.28. The van der Waals surface area contributed by atoms with E-state index in [-0.39, 0.29) is 18.4 Å². The fraction of sp³-hybridized carbons (Fsp3) is 0.786. The van der Waals surface area contributed by atoms with Crippen LogP contribution in [0.1, 0.15) is 39.5 Å². The van der Waals surface area contributed by atoms with Crippen molar-refractivity contribution in [2.45, 2.75) is 51.2 Å². The van der Waals surface area contributed by atoms with E-state index < -0.39 is 23.5 Å². The average Bonchev–Trinajstić information content (AvgIpc) is 2.34. The number of aliphatic carboxylic acids is 1. The van der Waals surface area contributed by atoms with Crippen molar-refractivity contribution in [3.05, 3.63) is 0 Å². The molecule has 0 bridgehead atoms. The van der Waals surface area contributed by atoms with Gasteiger partial charge in [-0.05, 0) is 31.6 Å². The number of carboxylic acid groups (broad SMARTS) is 1. The number of carbonyl (C=O) groups is 3. The molecule has 1 atom stereocenters. The van der Waals surface area contributed by atoms with E-state index in [0.717, 1.165) is 6.42 Å². The molecule has 7 nitrogen and oxygen atoms in total. The number of nitrogens with one attached hydrogen (secondary N) is 2. The molecule has 120 valence electrons. The molecule has 1 aliphatic carbocycles. The number of hydrogen-bond donors (Lipinski definition) is 3. The molecule has 0 spiro atoms. The Balaban J connectivity index is 2.42. The maximum atomic E-state index is 11.9. The summed E-state index contributed by atoms with van der Waals surface area (Å²) in [4.78, 5) is 34.7. The molecule has 1 rings (SSSR count). The van der Waals surface area contributed by atoms with E-state index in [1.165, 1.54) is 7.11 Å². The lowest BCUT2D eigenvalue weighted by molar-refractivity contribution is -0.154. The first kappa shape index (κ1) is 17.4. The van der Waals surface area contributed by atoms with Crippen molar-refractivity contribution >= 4 is 17.8 Å². The Morgan fingerprint density at radius 2 is 1.90 bits per heavy atom. The van der Waals surface area contributed by atoms with Gasteiger partial charge in [0.15, 0.2) is 0 Å². The smallest absolute Gasteiger partial charge is 0.326 e. The number of carboxylic acids is 1. The maximum absolute atomic E-state index is 11.9. The van der Waals surface area contributed by atoms with Gasteiger partial charge in [0.1, 0.15) is 11.6 Å². The summed E-state index contributed by atoms with van der Waals surface area (Å²) in [7, 11) is 1.47. The largest absolute Gasteiger partial charge is 0.480 e. The monoisotopic (exact) mass is 300 g/mol. The quantitative estimate of drug-likeness (QED) is 0.597. The Kier molecular flexibility index (Phi) is 6.14. The molecule has 0 radical (unpaired) electrons. The highest BCUT2D eigenvalue weighted by Crippen LogP contribution is 2.34. The molecule has 7 heteroatoms. The summed E-state index contributed by atoms with van der Waals surface area (Å²) in [6, 6.07) is -0.936. The molecule has 0 aromatic carbocycles. The first-order valence-electron chi connectivity index (χ1n) is 7.16. The van der Waals surface area contributed by atoms with Crippen LogP contribution in [0.25, 0.3) is 0 Å². The summed E-state index contributed by atoms with van der Waals surface area (Å²) < 4.78 is 5.20. The molecule has 0 saturated heterocycles. The average molecular weight is 300 g/mol. The Labute approximate surface area is 124 Å². The van der Waals surface area contributed by atoms with Gasteiger partial charge in [-0.1, -0.05) is 13.8 Å². The molecule has 0 unspecified atom stereocenters. The molecule has 21 heavy (non-hydrogen) atoms. The summed E-state index contributed by atoms with van der Waals surface area (Å²) in [6.45, 7) is 3.51. The third kappa shape index (κ3) is 4.70. The van der Waals surface area contributed by atoms with Crippen LogP contribution in [0.4, 0.5) is 0 Å². The van der Waals surface area contributed by atoms with Crippen molar-refractivity contribution in [1.82, 2.24) is 10.6 Å². The van der Waals surface area contributed by atoms with Crippen LogP contribution >= 0.6 is 0 Å². The van der Waals surface area contributed by atoms with E-state index in [9.17, 15) is 14.4 Å². The van der Waals surface area contributed by atoms with Gasteiger partial charge in [-0.15, -0.1) is 0 Å². The van der Waals surface area contributed by atoms with E-state index in [4.69, 9.17) is 9.84 Å². The topological polar surface area (TPSA) is 105 Å². The summed E-state index contributed by atoms with van der Waals surface area (Å²) in [5.74, 6) is -1.76. The lowest BCUT2D eigenvalue weighted by Crippen LogP contribution is -2.55. The van der Waals surface area contributed by atoms with Gasteiger partial charge in [0.2, 0.25) is 5.91 Å². The Hall–Kier alpha value is -1.63. The van der Waals surface area contributed by atoms with E-state index in [1.807, 2.05) is 13.8 Å². The highest BCUT2D eigenvalue weighted by molar-refractivity contribution is 5.91. The number of rotatable bonds is 8. The molecule has 1 saturated carbocycles. The Morgan fingerprint density at radius 3 is 2.29 bits per heavy atom. The second-order valence-electron chi connectivity index (χ2n) is 5.82. The molecule has 0 heterocycles. The minimum absolute atomic E-state index is 0.146. The molecule has 0 aromatic heterocycles. The fourth-order valence-electron chi connectivity index (χ4n) is 2.28. The van der Waals surface area contributed by atoms with Crippen LogP contribution in [0.5, 0.6) is 0 Å². The number of amides is 2. The molecule has 0 aliphatic heterocycles. The lowest BCUT2D eigenvalue weighted by atomic mass is 9.79. The molecule has 0 aromatic rings. The van der Waals surface area contributed by atoms with Crippen LogP contribution in [-0.4, -0.2) is 48.2 Å². The molecular weight excluding hydrogens is 276 g/mol. The predicted molar refractivity (Wildman–Crippen MR) is 75.6 cm³/mol. The van der Waals surface area contributed by atoms with E-state index in [2.05, 4.69) is 10.6 Å². The predicted octanol–water partition coefficient (Wildman–Crippen LogP) is 0.287. The van der Waals surface area contributed by atoms with Crippen molar-refractivity contribution in [3.63, 3.8) is 0 Å². The molecule has 3 N–H and O–H groups in total. The van der Waals surface area contributed by atoms with Crippen molar-refractivity contribution in [2.75, 3.05) is 13.7 Å². The number of methoxy groups -OCH3 is 1. The number of ether oxygens (including phenoxy) is 1. The van der Waals surface area contributed by atoms with Gasteiger partial charge in [0.25, 0.3) is 5.91 Å². The maximum Gasteiger partial charge on any atom is 0.326 e. The Bertz CT molecular complexity index is 399. The third-order valence-corrected chi connectivity index (χ3v) is 3.72. The van der Waals surface area contributed by atoms with Crippen LogP contribution in [-0.2, 0) is 19.1 Å². The van der Waals surface area contributed by atoms with E-state index in [1.54, 1.807) is 0 Å². The highest BCUT2D eigenvalue weighted by Gasteiger charge is 2.44. The summed E-state index contributed by atoms with van der Waals surface area (Å²) in [5, 5.41) is 14.0. The van der Waals surface area contributed by atoms with Crippen molar-refractivity contribution in [1.29, 1.82) is 0 Å². The van der Waals surface area contributed by atoms with Crippen molar-refractivity contribution in [3.8, 4) is 0 Å². The summed E-state index contributed by atoms with van der Waals surface area (Å²) in [5.41, 5.74) is -0.815. The number of hydrogen-bond acceptors (Lipinski definition) is 4. The van der Waals surface area contributed by atoms with Crippen LogP contribution in [0.3, 0.4) is 0 Å². The second-order valence-corrected chi connectivity index (χ2v) is 5.82. The van der Waals surface area contributed by atoms with Crippen LogP contribution < -0.4 is 10.6 Å². The van der Waals surface area contributed by atoms with Gasteiger partial charge >= 0.3 is 5.97 Å². The van der Waals surface area contributed by atoms with Gasteiger partial charge in [-0.2, -0.15) is 0 Å². The minimum atomic E-state index is -1.07. The van der Waals surface area contributed by atoms with E-state index >= 15 is 0 Å². The lowest BCUT2D eigenvalue weighted by Gasteiger charge is -2.38. The van der Waals surface area contributed by atoms with E-state index in [0.29, 0.717) is 19.3 Å². The van der Waals surface area contributed by atoms with Gasteiger partial charge in [0, 0.05) is 7.11 Å². The zero-order chi connectivity index (χ0) is 16.0. The van der Waals surface area contributed by atoms with Crippen LogP contribution in [0.15, 0.2) is 0 Å².